The van der Waals surface area contributed by atoms with Gasteiger partial charge in [0.15, 0.2) is 0 Å². The third-order valence-electron chi connectivity index (χ3n) is 3.40. The largest absolute Gasteiger partial charge is 0.468 e. The van der Waals surface area contributed by atoms with Gasteiger partial charge in [-0.2, -0.15) is 0 Å². The molecule has 0 radical (unpaired) electrons. The van der Waals surface area contributed by atoms with Crippen molar-refractivity contribution in [3.63, 3.8) is 0 Å². The smallest absolute Gasteiger partial charge is 0.323 e. The number of methoxy groups -OCH3 is 1. The van der Waals surface area contributed by atoms with Gasteiger partial charge in [0.25, 0.3) is 0 Å². The van der Waals surface area contributed by atoms with Crippen molar-refractivity contribution < 1.29 is 14.6 Å². The Kier molecular flexibility index (Phi) is 3.26. The molecule has 1 atom stereocenters. The van der Waals surface area contributed by atoms with E-state index in [4.69, 9.17) is 4.74 Å². The van der Waals surface area contributed by atoms with E-state index in [0.29, 0.717) is 5.92 Å². The lowest BCUT2D eigenvalue weighted by Gasteiger charge is -2.34. The Morgan fingerprint density at radius 1 is 1.33 bits per heavy atom. The predicted octanol–water partition coefficient (Wildman–Crippen LogP) is 0.395. The zero-order valence-electron chi connectivity index (χ0n) is 9.19. The van der Waals surface area contributed by atoms with Crippen LogP contribution in [0, 0.1) is 5.92 Å². The van der Waals surface area contributed by atoms with Crippen LogP contribution < -0.4 is 0 Å². The van der Waals surface area contributed by atoms with Crippen molar-refractivity contribution in [2.45, 2.75) is 37.8 Å². The summed E-state index contributed by atoms with van der Waals surface area (Å²) in [6, 6.07) is -0.0532. The minimum atomic E-state index is -0.182. The van der Waals surface area contributed by atoms with Gasteiger partial charge in [-0.15, -0.1) is 0 Å². The lowest BCUT2D eigenvalue weighted by Crippen LogP contribution is -2.48. The van der Waals surface area contributed by atoms with Gasteiger partial charge >= 0.3 is 5.97 Å². The highest BCUT2D eigenvalue weighted by atomic mass is 16.5. The second-order valence-corrected chi connectivity index (χ2v) is 4.57. The fourth-order valence-electron chi connectivity index (χ4n) is 2.34. The van der Waals surface area contributed by atoms with Gasteiger partial charge in [0.2, 0.25) is 0 Å². The van der Waals surface area contributed by atoms with Crippen molar-refractivity contribution in [2.24, 2.45) is 5.92 Å². The third-order valence-corrected chi connectivity index (χ3v) is 3.40. The summed E-state index contributed by atoms with van der Waals surface area (Å²) in [6.45, 7) is 1.63. The highest BCUT2D eigenvalue weighted by Gasteiger charge is 2.41. The topological polar surface area (TPSA) is 49.8 Å². The molecule has 4 nitrogen and oxygen atoms in total. The van der Waals surface area contributed by atoms with Gasteiger partial charge in [-0.25, -0.2) is 0 Å². The molecule has 1 N–H and O–H groups in total. The van der Waals surface area contributed by atoms with Crippen LogP contribution in [0.25, 0.3) is 0 Å². The summed E-state index contributed by atoms with van der Waals surface area (Å²) in [5.41, 5.74) is 0. The van der Waals surface area contributed by atoms with E-state index >= 15 is 0 Å². The van der Waals surface area contributed by atoms with Crippen LogP contribution in [0.2, 0.25) is 0 Å². The molecule has 0 aromatic carbocycles. The minimum Gasteiger partial charge on any atom is -0.468 e. The van der Waals surface area contributed by atoms with Gasteiger partial charge in [0, 0.05) is 13.1 Å². The number of aliphatic hydroxyl groups excluding tert-OH is 1. The first-order chi connectivity index (χ1) is 7.22. The molecule has 2 fully saturated rings. The van der Waals surface area contributed by atoms with E-state index in [1.165, 1.54) is 7.11 Å². The van der Waals surface area contributed by atoms with E-state index < -0.39 is 0 Å². The number of piperidine rings is 1. The SMILES string of the molecule is COC(=O)C(C1CC1)N1CCC(O)CC1. The number of esters is 1. The van der Waals surface area contributed by atoms with Crippen LogP contribution in [0.3, 0.4) is 0 Å². The maximum absolute atomic E-state index is 11.6. The molecule has 2 aliphatic rings. The van der Waals surface area contributed by atoms with Gasteiger partial charge < -0.3 is 9.84 Å². The molecule has 0 aromatic rings. The summed E-state index contributed by atoms with van der Waals surface area (Å²) in [7, 11) is 1.45. The summed E-state index contributed by atoms with van der Waals surface area (Å²) >= 11 is 0. The number of carbonyl (C=O) groups excluding carboxylic acids is 1. The molecule has 0 aromatic heterocycles. The monoisotopic (exact) mass is 213 g/mol. The average molecular weight is 213 g/mol. The molecule has 1 saturated heterocycles. The van der Waals surface area contributed by atoms with E-state index in [2.05, 4.69) is 4.90 Å². The molecular weight excluding hydrogens is 194 g/mol. The second-order valence-electron chi connectivity index (χ2n) is 4.57. The molecule has 15 heavy (non-hydrogen) atoms. The average Bonchev–Trinajstić information content (AvgIpc) is 3.05. The zero-order valence-corrected chi connectivity index (χ0v) is 9.19. The summed E-state index contributed by atoms with van der Waals surface area (Å²) in [6.07, 6.45) is 3.65. The van der Waals surface area contributed by atoms with E-state index in [0.717, 1.165) is 38.8 Å². The Morgan fingerprint density at radius 3 is 2.40 bits per heavy atom. The molecule has 1 aliphatic carbocycles. The molecule has 86 valence electrons. The Morgan fingerprint density at radius 2 is 1.93 bits per heavy atom. The molecule has 1 heterocycles. The summed E-state index contributed by atoms with van der Waals surface area (Å²) in [5, 5.41) is 9.42. The van der Waals surface area contributed by atoms with Crippen LogP contribution >= 0.6 is 0 Å². The first-order valence-corrected chi connectivity index (χ1v) is 5.72. The second kappa shape index (κ2) is 4.49. The predicted molar refractivity (Wildman–Crippen MR) is 55.3 cm³/mol. The highest BCUT2D eigenvalue weighted by molar-refractivity contribution is 5.76. The Hall–Kier alpha value is -0.610. The lowest BCUT2D eigenvalue weighted by molar-refractivity contribution is -0.148. The van der Waals surface area contributed by atoms with Crippen molar-refractivity contribution in [1.82, 2.24) is 4.90 Å². The molecule has 0 spiro atoms. The van der Waals surface area contributed by atoms with Crippen LogP contribution in [0.5, 0.6) is 0 Å². The number of rotatable bonds is 3. The first kappa shape index (κ1) is 10.9. The lowest BCUT2D eigenvalue weighted by atomic mass is 10.0. The number of nitrogens with zero attached hydrogens (tertiary/aromatic N) is 1. The van der Waals surface area contributed by atoms with E-state index in [1.54, 1.807) is 0 Å². The van der Waals surface area contributed by atoms with Crippen LogP contribution in [-0.4, -0.2) is 48.3 Å². The van der Waals surface area contributed by atoms with Crippen molar-refractivity contribution >= 4 is 5.97 Å². The van der Waals surface area contributed by atoms with Crippen molar-refractivity contribution in [2.75, 3.05) is 20.2 Å². The minimum absolute atomic E-state index is 0.0532. The van der Waals surface area contributed by atoms with E-state index in [1.807, 2.05) is 0 Å². The summed E-state index contributed by atoms with van der Waals surface area (Å²) in [5.74, 6) is 0.390. The Bertz CT molecular complexity index is 232. The summed E-state index contributed by atoms with van der Waals surface area (Å²) in [4.78, 5) is 13.8. The number of ether oxygens (including phenoxy) is 1. The van der Waals surface area contributed by atoms with Crippen LogP contribution in [-0.2, 0) is 9.53 Å². The molecule has 0 amide bonds. The number of aliphatic hydroxyl groups is 1. The maximum Gasteiger partial charge on any atom is 0.323 e. The molecule has 2 rings (SSSR count). The van der Waals surface area contributed by atoms with Gasteiger partial charge in [0.1, 0.15) is 6.04 Å². The van der Waals surface area contributed by atoms with Crippen LogP contribution in [0.4, 0.5) is 0 Å². The molecule has 1 aliphatic heterocycles. The Labute approximate surface area is 90.2 Å². The summed E-state index contributed by atoms with van der Waals surface area (Å²) < 4.78 is 4.85. The number of hydrogen-bond donors (Lipinski definition) is 1. The zero-order chi connectivity index (χ0) is 10.8. The van der Waals surface area contributed by atoms with Gasteiger partial charge in [-0.05, 0) is 31.6 Å². The van der Waals surface area contributed by atoms with Crippen LogP contribution in [0.15, 0.2) is 0 Å². The normalized spacial score (nSPS) is 26.3. The highest BCUT2D eigenvalue weighted by Crippen LogP contribution is 2.36. The van der Waals surface area contributed by atoms with E-state index in [9.17, 15) is 9.90 Å². The van der Waals surface area contributed by atoms with Crippen molar-refractivity contribution in [3.05, 3.63) is 0 Å². The number of carbonyl (C=O) groups is 1. The fourth-order valence-corrected chi connectivity index (χ4v) is 2.34. The molecule has 1 saturated carbocycles. The van der Waals surface area contributed by atoms with Gasteiger partial charge in [-0.1, -0.05) is 0 Å². The quantitative estimate of drug-likeness (QED) is 0.689. The first-order valence-electron chi connectivity index (χ1n) is 5.72. The van der Waals surface area contributed by atoms with Gasteiger partial charge in [-0.3, -0.25) is 9.69 Å². The number of likely N-dealkylation sites (tertiary alicyclic amines) is 1. The molecular formula is C11H19NO3. The van der Waals surface area contributed by atoms with E-state index in [-0.39, 0.29) is 18.1 Å². The number of hydrogen-bond acceptors (Lipinski definition) is 4. The third kappa shape index (κ3) is 2.49. The van der Waals surface area contributed by atoms with Crippen molar-refractivity contribution in [3.8, 4) is 0 Å². The van der Waals surface area contributed by atoms with Gasteiger partial charge in [0.05, 0.1) is 13.2 Å². The van der Waals surface area contributed by atoms with Crippen molar-refractivity contribution in [1.29, 1.82) is 0 Å². The molecule has 0 bridgehead atoms. The Balaban J connectivity index is 1.95. The maximum atomic E-state index is 11.6. The van der Waals surface area contributed by atoms with Crippen LogP contribution in [0.1, 0.15) is 25.7 Å². The molecule has 4 heteroatoms. The fraction of sp³-hybridized carbons (Fsp3) is 0.909. The molecule has 1 unspecified atom stereocenters. The standard InChI is InChI=1S/C11H19NO3/c1-15-11(14)10(8-2-3-8)12-6-4-9(13)5-7-12/h8-10,13H,2-7H2,1H3.